The van der Waals surface area contributed by atoms with Gasteiger partial charge in [-0.15, -0.1) is 0 Å². The number of nitrogens with zero attached hydrogens (tertiary/aromatic N) is 1. The predicted molar refractivity (Wildman–Crippen MR) is 202 cm³/mol. The fraction of sp³-hybridized carbons (Fsp3) is 0. The van der Waals surface area contributed by atoms with Crippen LogP contribution < -0.4 is 4.90 Å². The average Bonchev–Trinajstić information content (AvgIpc) is 3.53. The summed E-state index contributed by atoms with van der Waals surface area (Å²) in [6.07, 6.45) is 0. The van der Waals surface area contributed by atoms with Gasteiger partial charge in [0.1, 0.15) is 11.2 Å². The Bertz CT molecular complexity index is 2530. The summed E-state index contributed by atoms with van der Waals surface area (Å²) in [6, 6.07) is 66.9. The van der Waals surface area contributed by atoms with E-state index in [0.29, 0.717) is 0 Å². The number of fused-ring (bicyclic) bond motifs is 4. The van der Waals surface area contributed by atoms with Gasteiger partial charge in [0, 0.05) is 27.8 Å². The van der Waals surface area contributed by atoms with Gasteiger partial charge in [-0.25, -0.2) is 0 Å². The van der Waals surface area contributed by atoms with Crippen molar-refractivity contribution in [3.63, 3.8) is 0 Å². The van der Waals surface area contributed by atoms with E-state index >= 15 is 0 Å². The van der Waals surface area contributed by atoms with E-state index in [1.54, 1.807) is 0 Å². The van der Waals surface area contributed by atoms with Crippen LogP contribution in [0.3, 0.4) is 0 Å². The molecule has 0 fully saturated rings. The molecule has 8 aromatic carbocycles. The number of benzene rings is 8. The molecular weight excluding hydrogens is 583 g/mol. The van der Waals surface area contributed by atoms with Gasteiger partial charge >= 0.3 is 0 Å². The third-order valence-corrected chi connectivity index (χ3v) is 9.26. The van der Waals surface area contributed by atoms with Gasteiger partial charge < -0.3 is 9.32 Å². The van der Waals surface area contributed by atoms with Crippen LogP contribution in [-0.4, -0.2) is 0 Å². The molecule has 48 heavy (non-hydrogen) atoms. The van der Waals surface area contributed by atoms with Crippen molar-refractivity contribution in [1.82, 2.24) is 0 Å². The minimum Gasteiger partial charge on any atom is -0.456 e. The van der Waals surface area contributed by atoms with E-state index in [-0.39, 0.29) is 0 Å². The van der Waals surface area contributed by atoms with Crippen LogP contribution in [0.15, 0.2) is 192 Å². The lowest BCUT2D eigenvalue weighted by Gasteiger charge is -2.26. The Morgan fingerprint density at radius 2 is 0.854 bits per heavy atom. The van der Waals surface area contributed by atoms with Crippen LogP contribution in [0.5, 0.6) is 0 Å². The van der Waals surface area contributed by atoms with E-state index in [0.717, 1.165) is 50.1 Å². The van der Waals surface area contributed by atoms with Gasteiger partial charge in [0.15, 0.2) is 0 Å². The normalized spacial score (nSPS) is 11.3. The minimum atomic E-state index is 0.893. The number of para-hydroxylation sites is 2. The molecule has 9 aromatic rings. The average molecular weight is 614 g/mol. The minimum absolute atomic E-state index is 0.893. The van der Waals surface area contributed by atoms with Gasteiger partial charge in [-0.2, -0.15) is 0 Å². The Hall–Kier alpha value is -6.38. The smallest absolute Gasteiger partial charge is 0.136 e. The maximum absolute atomic E-state index is 6.39. The number of hydrogen-bond acceptors (Lipinski definition) is 2. The summed E-state index contributed by atoms with van der Waals surface area (Å²) in [6.45, 7) is 0. The van der Waals surface area contributed by atoms with Gasteiger partial charge in [-0.05, 0) is 105 Å². The van der Waals surface area contributed by atoms with Gasteiger partial charge in [0.25, 0.3) is 0 Å². The van der Waals surface area contributed by atoms with Crippen molar-refractivity contribution in [3.05, 3.63) is 188 Å². The molecular formula is C46H31NO. The molecule has 0 radical (unpaired) electrons. The zero-order valence-electron chi connectivity index (χ0n) is 26.3. The molecule has 0 bridgehead atoms. The molecule has 0 spiro atoms. The molecule has 1 heterocycles. The first kappa shape index (κ1) is 27.9. The first-order valence-corrected chi connectivity index (χ1v) is 16.3. The highest BCUT2D eigenvalue weighted by Gasteiger charge is 2.17. The summed E-state index contributed by atoms with van der Waals surface area (Å²) >= 11 is 0. The summed E-state index contributed by atoms with van der Waals surface area (Å²) in [5, 5.41) is 4.72. The largest absolute Gasteiger partial charge is 0.456 e. The van der Waals surface area contributed by atoms with Crippen LogP contribution in [0.1, 0.15) is 0 Å². The summed E-state index contributed by atoms with van der Waals surface area (Å²) in [5.74, 6) is 0. The molecule has 0 amide bonds. The zero-order valence-corrected chi connectivity index (χ0v) is 26.3. The Morgan fingerprint density at radius 1 is 0.312 bits per heavy atom. The summed E-state index contributed by atoms with van der Waals surface area (Å²) in [4.78, 5) is 2.31. The van der Waals surface area contributed by atoms with Gasteiger partial charge in [-0.3, -0.25) is 0 Å². The molecule has 0 atom stereocenters. The van der Waals surface area contributed by atoms with Crippen molar-refractivity contribution in [3.8, 4) is 33.4 Å². The highest BCUT2D eigenvalue weighted by atomic mass is 16.3. The van der Waals surface area contributed by atoms with Crippen LogP contribution in [0.25, 0.3) is 66.1 Å². The maximum Gasteiger partial charge on any atom is 0.136 e. The highest BCUT2D eigenvalue weighted by molar-refractivity contribution is 6.09. The standard InChI is InChI=1S/C46H31NO/c1-3-11-32(12-4-1)34-21-25-39(26-22-34)47(38-15-5-2-6-16-38)40-27-23-35(24-28-40)43-31-46-44(41-17-9-10-18-45(41)48-46)30-42(43)37-20-19-33-13-7-8-14-36(33)29-37/h1-31H. The lowest BCUT2D eigenvalue weighted by atomic mass is 9.91. The fourth-order valence-electron chi connectivity index (χ4n) is 6.85. The predicted octanol–water partition coefficient (Wildman–Crippen LogP) is 13.2. The Morgan fingerprint density at radius 3 is 1.60 bits per heavy atom. The number of furan rings is 1. The lowest BCUT2D eigenvalue weighted by molar-refractivity contribution is 0.669. The van der Waals surface area contributed by atoms with Crippen LogP contribution in [-0.2, 0) is 0 Å². The summed E-state index contributed by atoms with van der Waals surface area (Å²) in [7, 11) is 0. The quantitative estimate of drug-likeness (QED) is 0.185. The lowest BCUT2D eigenvalue weighted by Crippen LogP contribution is -2.09. The van der Waals surface area contributed by atoms with Crippen LogP contribution in [0.4, 0.5) is 17.1 Å². The van der Waals surface area contributed by atoms with E-state index in [4.69, 9.17) is 4.42 Å². The first-order chi connectivity index (χ1) is 23.8. The number of hydrogen-bond donors (Lipinski definition) is 0. The Balaban J connectivity index is 1.17. The zero-order chi connectivity index (χ0) is 31.9. The molecule has 0 saturated carbocycles. The molecule has 0 aliphatic heterocycles. The Kier molecular flexibility index (Phi) is 6.84. The molecule has 1 aromatic heterocycles. The van der Waals surface area contributed by atoms with Crippen molar-refractivity contribution in [2.24, 2.45) is 0 Å². The molecule has 9 rings (SSSR count). The Labute approximate surface area is 279 Å². The second kappa shape index (κ2) is 11.8. The van der Waals surface area contributed by atoms with Gasteiger partial charge in [-0.1, -0.05) is 127 Å². The summed E-state index contributed by atoms with van der Waals surface area (Å²) < 4.78 is 6.39. The first-order valence-electron chi connectivity index (χ1n) is 16.3. The maximum atomic E-state index is 6.39. The third kappa shape index (κ3) is 5.01. The van der Waals surface area contributed by atoms with Gasteiger partial charge in [0.05, 0.1) is 0 Å². The second-order valence-corrected chi connectivity index (χ2v) is 12.2. The van der Waals surface area contributed by atoms with Gasteiger partial charge in [0.2, 0.25) is 0 Å². The molecule has 2 heteroatoms. The molecule has 226 valence electrons. The van der Waals surface area contributed by atoms with Crippen molar-refractivity contribution in [2.75, 3.05) is 4.90 Å². The van der Waals surface area contributed by atoms with E-state index < -0.39 is 0 Å². The molecule has 0 aliphatic carbocycles. The van der Waals surface area contributed by atoms with Crippen LogP contribution >= 0.6 is 0 Å². The molecule has 0 N–H and O–H groups in total. The van der Waals surface area contributed by atoms with E-state index in [1.165, 1.54) is 33.0 Å². The monoisotopic (exact) mass is 613 g/mol. The van der Waals surface area contributed by atoms with Crippen molar-refractivity contribution in [2.45, 2.75) is 0 Å². The van der Waals surface area contributed by atoms with E-state index in [1.807, 2.05) is 12.1 Å². The fourth-order valence-corrected chi connectivity index (χ4v) is 6.85. The third-order valence-electron chi connectivity index (χ3n) is 9.26. The molecule has 2 nitrogen and oxygen atoms in total. The van der Waals surface area contributed by atoms with E-state index in [9.17, 15) is 0 Å². The van der Waals surface area contributed by atoms with Crippen molar-refractivity contribution < 1.29 is 4.42 Å². The number of anilines is 3. The summed E-state index contributed by atoms with van der Waals surface area (Å²) in [5.41, 5.74) is 12.2. The van der Waals surface area contributed by atoms with Crippen LogP contribution in [0.2, 0.25) is 0 Å². The topological polar surface area (TPSA) is 16.4 Å². The SMILES string of the molecule is c1ccc(-c2ccc(N(c3ccccc3)c3ccc(-c4cc5oc6ccccc6c5cc4-c4ccc5ccccc5c4)cc3)cc2)cc1. The second-order valence-electron chi connectivity index (χ2n) is 12.2. The molecule has 0 aliphatic rings. The number of rotatable bonds is 6. The van der Waals surface area contributed by atoms with Crippen LogP contribution in [0, 0.1) is 0 Å². The molecule has 0 unspecified atom stereocenters. The highest BCUT2D eigenvalue weighted by Crippen LogP contribution is 2.42. The molecule has 0 saturated heterocycles. The van der Waals surface area contributed by atoms with Crippen molar-refractivity contribution >= 4 is 49.8 Å². The van der Waals surface area contributed by atoms with Crippen molar-refractivity contribution in [1.29, 1.82) is 0 Å². The van der Waals surface area contributed by atoms with E-state index in [2.05, 4.69) is 181 Å².